The van der Waals surface area contributed by atoms with Crippen molar-refractivity contribution < 1.29 is 4.79 Å². The number of hydrogen-bond donors (Lipinski definition) is 1. The molecule has 0 saturated carbocycles. The number of para-hydroxylation sites is 2. The summed E-state index contributed by atoms with van der Waals surface area (Å²) in [5.74, 6) is 1.69. The zero-order valence-corrected chi connectivity index (χ0v) is 15.0. The minimum atomic E-state index is -0.168. The zero-order valence-electron chi connectivity index (χ0n) is 13.4. The summed E-state index contributed by atoms with van der Waals surface area (Å²) >= 11 is 3.54. The Bertz CT molecular complexity index is 881. The number of rotatable bonds is 7. The molecule has 0 radical (unpaired) electrons. The summed E-state index contributed by atoms with van der Waals surface area (Å²) in [6.07, 6.45) is 0. The Kier molecular flexibility index (Phi) is 5.42. The van der Waals surface area contributed by atoms with Crippen LogP contribution in [0.15, 0.2) is 46.6 Å². The fourth-order valence-electron chi connectivity index (χ4n) is 2.55. The van der Waals surface area contributed by atoms with E-state index in [9.17, 15) is 9.59 Å². The summed E-state index contributed by atoms with van der Waals surface area (Å²) in [7, 11) is 1.72. The van der Waals surface area contributed by atoms with Crippen molar-refractivity contribution in [2.24, 2.45) is 7.05 Å². The van der Waals surface area contributed by atoms with Crippen LogP contribution in [0.4, 0.5) is 0 Å². The predicted molar refractivity (Wildman–Crippen MR) is 101 cm³/mol. The molecule has 7 heteroatoms. The van der Waals surface area contributed by atoms with Gasteiger partial charge in [0, 0.05) is 30.0 Å². The average Bonchev–Trinajstić information content (AvgIpc) is 3.18. The molecule has 0 atom stereocenters. The normalized spacial score (nSPS) is 11.0. The number of nitrogens with zero attached hydrogens (tertiary/aromatic N) is 2. The molecule has 126 valence electrons. The Morgan fingerprint density at radius 1 is 1.21 bits per heavy atom. The van der Waals surface area contributed by atoms with Gasteiger partial charge in [-0.2, -0.15) is 11.8 Å². The summed E-state index contributed by atoms with van der Waals surface area (Å²) < 4.78 is 3.09. The third-order valence-corrected chi connectivity index (χ3v) is 5.81. The summed E-state index contributed by atoms with van der Waals surface area (Å²) in [6.45, 7) is 0.657. The van der Waals surface area contributed by atoms with Gasteiger partial charge in [0.15, 0.2) is 0 Å². The molecule has 1 amide bonds. The lowest BCUT2D eigenvalue weighted by Crippen LogP contribution is -2.33. The lowest BCUT2D eigenvalue weighted by atomic mass is 10.3. The highest BCUT2D eigenvalue weighted by molar-refractivity contribution is 7.98. The fourth-order valence-corrected chi connectivity index (χ4v) is 4.24. The van der Waals surface area contributed by atoms with Gasteiger partial charge >= 0.3 is 5.69 Å². The van der Waals surface area contributed by atoms with Gasteiger partial charge in [0.05, 0.1) is 11.0 Å². The SMILES string of the molecule is Cn1c(=O)n(CC(=O)NCCSCc2cccs2)c2ccccc21. The summed E-state index contributed by atoms with van der Waals surface area (Å²) in [5, 5.41) is 4.96. The number of hydrogen-bond acceptors (Lipinski definition) is 4. The number of thiophene rings is 1. The monoisotopic (exact) mass is 361 g/mol. The summed E-state index contributed by atoms with van der Waals surface area (Å²) in [5.41, 5.74) is 1.45. The van der Waals surface area contributed by atoms with Crippen LogP contribution < -0.4 is 11.0 Å². The quantitative estimate of drug-likeness (QED) is 0.658. The number of fused-ring (bicyclic) bond motifs is 1. The smallest absolute Gasteiger partial charge is 0.329 e. The van der Waals surface area contributed by atoms with Gasteiger partial charge in [0.2, 0.25) is 5.91 Å². The molecule has 1 aromatic carbocycles. The highest BCUT2D eigenvalue weighted by atomic mass is 32.2. The van der Waals surface area contributed by atoms with Gasteiger partial charge < -0.3 is 5.32 Å². The number of carbonyl (C=O) groups excluding carboxylic acids is 1. The number of carbonyl (C=O) groups is 1. The lowest BCUT2D eigenvalue weighted by molar-refractivity contribution is -0.121. The molecule has 2 heterocycles. The summed E-state index contributed by atoms with van der Waals surface area (Å²) in [4.78, 5) is 25.7. The first-order chi connectivity index (χ1) is 11.7. The van der Waals surface area contributed by atoms with E-state index in [0.717, 1.165) is 22.5 Å². The minimum Gasteiger partial charge on any atom is -0.354 e. The molecule has 0 aliphatic carbocycles. The van der Waals surface area contributed by atoms with Crippen LogP contribution in [0.2, 0.25) is 0 Å². The predicted octanol–water partition coefficient (Wildman–Crippen LogP) is 2.45. The minimum absolute atomic E-state index is 0.0514. The average molecular weight is 361 g/mol. The van der Waals surface area contributed by atoms with Crippen LogP contribution in [0.1, 0.15) is 4.88 Å². The van der Waals surface area contributed by atoms with Gasteiger partial charge in [-0.05, 0) is 23.6 Å². The summed E-state index contributed by atoms with van der Waals surface area (Å²) in [6, 6.07) is 11.7. The first-order valence-electron chi connectivity index (χ1n) is 7.68. The maximum atomic E-state index is 12.3. The molecule has 0 saturated heterocycles. The van der Waals surface area contributed by atoms with Crippen molar-refractivity contribution in [2.75, 3.05) is 12.3 Å². The van der Waals surface area contributed by atoms with Crippen molar-refractivity contribution in [2.45, 2.75) is 12.3 Å². The Labute approximate surface area is 148 Å². The van der Waals surface area contributed by atoms with Gasteiger partial charge in [0.25, 0.3) is 0 Å². The van der Waals surface area contributed by atoms with E-state index in [1.807, 2.05) is 30.3 Å². The van der Waals surface area contributed by atoms with Gasteiger partial charge in [-0.1, -0.05) is 18.2 Å². The van der Waals surface area contributed by atoms with E-state index in [4.69, 9.17) is 0 Å². The van der Waals surface area contributed by atoms with Crippen LogP contribution in [0.25, 0.3) is 11.0 Å². The van der Waals surface area contributed by atoms with Crippen LogP contribution >= 0.6 is 23.1 Å². The molecule has 0 aliphatic rings. The lowest BCUT2D eigenvalue weighted by Gasteiger charge is -2.06. The number of imidazole rings is 1. The fraction of sp³-hybridized carbons (Fsp3) is 0.294. The second-order valence-electron chi connectivity index (χ2n) is 5.40. The largest absolute Gasteiger partial charge is 0.354 e. The number of thioether (sulfide) groups is 1. The number of aryl methyl sites for hydroxylation is 1. The Morgan fingerprint density at radius 3 is 2.75 bits per heavy atom. The number of aromatic nitrogens is 2. The molecular formula is C17H19N3O2S2. The van der Waals surface area contributed by atoms with E-state index in [2.05, 4.69) is 16.8 Å². The molecular weight excluding hydrogens is 342 g/mol. The van der Waals surface area contributed by atoms with Gasteiger partial charge in [0.1, 0.15) is 6.54 Å². The number of amides is 1. The second kappa shape index (κ2) is 7.72. The molecule has 5 nitrogen and oxygen atoms in total. The van der Waals surface area contributed by atoms with Crippen molar-refractivity contribution in [3.63, 3.8) is 0 Å². The third-order valence-electron chi connectivity index (χ3n) is 3.75. The van der Waals surface area contributed by atoms with Crippen LogP contribution in [0, 0.1) is 0 Å². The zero-order chi connectivity index (χ0) is 16.9. The van der Waals surface area contributed by atoms with Crippen molar-refractivity contribution in [1.82, 2.24) is 14.5 Å². The molecule has 3 rings (SSSR count). The van der Waals surface area contributed by atoms with E-state index in [1.165, 1.54) is 9.44 Å². The van der Waals surface area contributed by atoms with Crippen LogP contribution in [-0.4, -0.2) is 27.3 Å². The Morgan fingerprint density at radius 2 is 2.00 bits per heavy atom. The molecule has 0 bridgehead atoms. The van der Waals surface area contributed by atoms with E-state index in [-0.39, 0.29) is 18.1 Å². The van der Waals surface area contributed by atoms with Crippen LogP contribution in [0.3, 0.4) is 0 Å². The van der Waals surface area contributed by atoms with E-state index < -0.39 is 0 Å². The van der Waals surface area contributed by atoms with E-state index in [1.54, 1.807) is 34.7 Å². The molecule has 3 aromatic rings. The van der Waals surface area contributed by atoms with Crippen LogP contribution in [0.5, 0.6) is 0 Å². The van der Waals surface area contributed by atoms with Crippen molar-refractivity contribution >= 4 is 40.0 Å². The molecule has 0 aliphatic heterocycles. The highest BCUT2D eigenvalue weighted by Gasteiger charge is 2.12. The molecule has 2 aromatic heterocycles. The van der Waals surface area contributed by atoms with Gasteiger partial charge in [-0.25, -0.2) is 4.79 Å². The van der Waals surface area contributed by atoms with Crippen molar-refractivity contribution in [3.8, 4) is 0 Å². The molecule has 24 heavy (non-hydrogen) atoms. The molecule has 1 N–H and O–H groups in total. The van der Waals surface area contributed by atoms with Crippen molar-refractivity contribution in [1.29, 1.82) is 0 Å². The highest BCUT2D eigenvalue weighted by Crippen LogP contribution is 2.16. The maximum absolute atomic E-state index is 12.3. The van der Waals surface area contributed by atoms with E-state index >= 15 is 0 Å². The number of benzene rings is 1. The van der Waals surface area contributed by atoms with E-state index in [0.29, 0.717) is 6.54 Å². The number of nitrogens with one attached hydrogen (secondary N) is 1. The third kappa shape index (κ3) is 3.73. The first-order valence-corrected chi connectivity index (χ1v) is 9.71. The van der Waals surface area contributed by atoms with Gasteiger partial charge in [-0.3, -0.25) is 13.9 Å². The first kappa shape index (κ1) is 16.9. The Balaban J connectivity index is 1.52. The van der Waals surface area contributed by atoms with Gasteiger partial charge in [-0.15, -0.1) is 11.3 Å². The molecule has 0 spiro atoms. The van der Waals surface area contributed by atoms with Crippen molar-refractivity contribution in [3.05, 3.63) is 57.1 Å². The van der Waals surface area contributed by atoms with Crippen LogP contribution in [-0.2, 0) is 24.1 Å². The standard InChI is InChI=1S/C17H19N3O2S2/c1-19-14-6-2-3-7-15(14)20(17(19)22)11-16(21)18-8-10-23-12-13-5-4-9-24-13/h2-7,9H,8,10-12H2,1H3,(H,18,21). The second-order valence-corrected chi connectivity index (χ2v) is 7.54. The maximum Gasteiger partial charge on any atom is 0.329 e. The topological polar surface area (TPSA) is 56.0 Å². The molecule has 0 unspecified atom stereocenters. The molecule has 0 fully saturated rings. The Hall–Kier alpha value is -1.99.